The maximum atomic E-state index is 10.9. The molecule has 1 aromatic carbocycles. The summed E-state index contributed by atoms with van der Waals surface area (Å²) in [6, 6.07) is 5.72. The van der Waals surface area contributed by atoms with Gasteiger partial charge in [-0.25, -0.2) is 0 Å². The molecule has 1 aromatic rings. The van der Waals surface area contributed by atoms with Gasteiger partial charge in [0.15, 0.2) is 0 Å². The van der Waals surface area contributed by atoms with Crippen LogP contribution in [0.15, 0.2) is 18.2 Å². The second-order valence-electron chi connectivity index (χ2n) is 4.77. The average Bonchev–Trinajstić information content (AvgIpc) is 2.38. The molecule has 0 radical (unpaired) electrons. The molecule has 3 nitrogen and oxygen atoms in total. The summed E-state index contributed by atoms with van der Waals surface area (Å²) in [5.41, 5.74) is 1.11. The highest BCUT2D eigenvalue weighted by Crippen LogP contribution is 2.39. The molecule has 1 aliphatic carbocycles. The first-order valence-corrected chi connectivity index (χ1v) is 6.56. The van der Waals surface area contributed by atoms with Crippen molar-refractivity contribution in [1.29, 1.82) is 0 Å². The molecule has 0 aromatic heterocycles. The third-order valence-electron chi connectivity index (χ3n) is 3.72. The second-order valence-corrected chi connectivity index (χ2v) is 5.18. The van der Waals surface area contributed by atoms with Crippen molar-refractivity contribution < 1.29 is 14.6 Å². The Labute approximate surface area is 112 Å². The molecule has 0 bridgehead atoms. The third-order valence-corrected chi connectivity index (χ3v) is 4.05. The molecule has 4 heteroatoms. The van der Waals surface area contributed by atoms with Gasteiger partial charge >= 0.3 is 5.97 Å². The number of carboxylic acids is 1. The van der Waals surface area contributed by atoms with Crippen molar-refractivity contribution in [2.45, 2.75) is 31.6 Å². The minimum atomic E-state index is -0.672. The Balaban J connectivity index is 2.07. The van der Waals surface area contributed by atoms with Crippen LogP contribution in [-0.4, -0.2) is 18.2 Å². The van der Waals surface area contributed by atoms with E-state index in [2.05, 4.69) is 0 Å². The van der Waals surface area contributed by atoms with Crippen LogP contribution in [0.2, 0.25) is 5.02 Å². The lowest BCUT2D eigenvalue weighted by molar-refractivity contribution is -0.142. The topological polar surface area (TPSA) is 46.5 Å². The Kier molecular flexibility index (Phi) is 4.12. The molecule has 0 saturated heterocycles. The molecular formula is C14H17ClO3. The van der Waals surface area contributed by atoms with Crippen molar-refractivity contribution in [2.24, 2.45) is 5.92 Å². The molecule has 98 valence electrons. The minimum Gasteiger partial charge on any atom is -0.497 e. The van der Waals surface area contributed by atoms with Crippen LogP contribution >= 0.6 is 11.6 Å². The molecule has 1 aliphatic rings. The summed E-state index contributed by atoms with van der Waals surface area (Å²) in [6.45, 7) is 0. The molecule has 1 N–H and O–H groups in total. The van der Waals surface area contributed by atoms with Gasteiger partial charge in [-0.3, -0.25) is 4.79 Å². The van der Waals surface area contributed by atoms with Crippen molar-refractivity contribution in [3.63, 3.8) is 0 Å². The SMILES string of the molecule is COc1ccc(C2CCC(C(=O)O)CC2)c(Cl)c1. The smallest absolute Gasteiger partial charge is 0.306 e. The summed E-state index contributed by atoms with van der Waals surface area (Å²) in [5, 5.41) is 9.69. The van der Waals surface area contributed by atoms with Crippen molar-refractivity contribution in [3.05, 3.63) is 28.8 Å². The van der Waals surface area contributed by atoms with Gasteiger partial charge in [-0.15, -0.1) is 0 Å². The number of hydrogen-bond donors (Lipinski definition) is 1. The van der Waals surface area contributed by atoms with E-state index in [1.165, 1.54) is 0 Å². The first kappa shape index (κ1) is 13.2. The van der Waals surface area contributed by atoms with E-state index in [-0.39, 0.29) is 5.92 Å². The van der Waals surface area contributed by atoms with Crippen molar-refractivity contribution >= 4 is 17.6 Å². The molecule has 0 heterocycles. The summed E-state index contributed by atoms with van der Waals surface area (Å²) >= 11 is 6.24. The highest BCUT2D eigenvalue weighted by molar-refractivity contribution is 6.31. The Morgan fingerprint density at radius 1 is 1.33 bits per heavy atom. The van der Waals surface area contributed by atoms with Gasteiger partial charge in [-0.2, -0.15) is 0 Å². The van der Waals surface area contributed by atoms with Gasteiger partial charge in [0.2, 0.25) is 0 Å². The Hall–Kier alpha value is -1.22. The van der Waals surface area contributed by atoms with E-state index in [1.807, 2.05) is 18.2 Å². The first-order valence-electron chi connectivity index (χ1n) is 6.18. The molecule has 0 spiro atoms. The van der Waals surface area contributed by atoms with Gasteiger partial charge in [0.05, 0.1) is 13.0 Å². The predicted octanol–water partition coefficient (Wildman–Crippen LogP) is 3.71. The molecule has 18 heavy (non-hydrogen) atoms. The van der Waals surface area contributed by atoms with Crippen LogP contribution in [0.5, 0.6) is 5.75 Å². The summed E-state index contributed by atoms with van der Waals surface area (Å²) in [4.78, 5) is 10.9. The van der Waals surface area contributed by atoms with Crippen LogP contribution in [0.3, 0.4) is 0 Å². The maximum Gasteiger partial charge on any atom is 0.306 e. The number of benzene rings is 1. The fourth-order valence-corrected chi connectivity index (χ4v) is 2.94. The number of carboxylic acid groups (broad SMARTS) is 1. The van der Waals surface area contributed by atoms with Gasteiger partial charge in [0, 0.05) is 5.02 Å². The Morgan fingerprint density at radius 3 is 2.50 bits per heavy atom. The van der Waals surface area contributed by atoms with Gasteiger partial charge in [-0.1, -0.05) is 17.7 Å². The molecule has 1 saturated carbocycles. The van der Waals surface area contributed by atoms with E-state index >= 15 is 0 Å². The molecule has 0 amide bonds. The van der Waals surface area contributed by atoms with Crippen molar-refractivity contribution in [3.8, 4) is 5.75 Å². The summed E-state index contributed by atoms with van der Waals surface area (Å²) < 4.78 is 5.12. The van der Waals surface area contributed by atoms with E-state index < -0.39 is 5.97 Å². The molecule has 0 aliphatic heterocycles. The lowest BCUT2D eigenvalue weighted by Gasteiger charge is -2.27. The third kappa shape index (κ3) is 2.78. The normalized spacial score (nSPS) is 23.7. The van der Waals surface area contributed by atoms with Crippen LogP contribution in [-0.2, 0) is 4.79 Å². The van der Waals surface area contributed by atoms with E-state index in [9.17, 15) is 4.79 Å². The number of hydrogen-bond acceptors (Lipinski definition) is 2. The fourth-order valence-electron chi connectivity index (χ4n) is 2.62. The number of carbonyl (C=O) groups is 1. The number of aliphatic carboxylic acids is 1. The van der Waals surface area contributed by atoms with Crippen molar-refractivity contribution in [1.82, 2.24) is 0 Å². The van der Waals surface area contributed by atoms with E-state index in [1.54, 1.807) is 7.11 Å². The van der Waals surface area contributed by atoms with E-state index in [0.717, 1.165) is 37.0 Å². The number of halogens is 1. The first-order chi connectivity index (χ1) is 8.61. The van der Waals surface area contributed by atoms with Gasteiger partial charge in [0.1, 0.15) is 5.75 Å². The molecule has 0 unspecified atom stereocenters. The zero-order chi connectivity index (χ0) is 13.1. The van der Waals surface area contributed by atoms with Gasteiger partial charge in [0.25, 0.3) is 0 Å². The standard InChI is InChI=1S/C14H17ClO3/c1-18-11-6-7-12(13(15)8-11)9-2-4-10(5-3-9)14(16)17/h6-10H,2-5H2,1H3,(H,16,17). The Morgan fingerprint density at radius 2 is 2.00 bits per heavy atom. The molecular weight excluding hydrogens is 252 g/mol. The van der Waals surface area contributed by atoms with Crippen LogP contribution in [0.4, 0.5) is 0 Å². The van der Waals surface area contributed by atoms with E-state index in [4.69, 9.17) is 21.4 Å². The minimum absolute atomic E-state index is 0.182. The largest absolute Gasteiger partial charge is 0.497 e. The lowest BCUT2D eigenvalue weighted by Crippen LogP contribution is -2.20. The average molecular weight is 269 g/mol. The van der Waals surface area contributed by atoms with Gasteiger partial charge < -0.3 is 9.84 Å². The Bertz CT molecular complexity index is 437. The number of rotatable bonds is 3. The molecule has 2 rings (SSSR count). The lowest BCUT2D eigenvalue weighted by atomic mass is 9.79. The predicted molar refractivity (Wildman–Crippen MR) is 70.3 cm³/mol. The summed E-state index contributed by atoms with van der Waals surface area (Å²) in [6.07, 6.45) is 3.26. The molecule has 1 fully saturated rings. The van der Waals surface area contributed by atoms with Crippen LogP contribution < -0.4 is 4.74 Å². The zero-order valence-electron chi connectivity index (χ0n) is 10.4. The second kappa shape index (κ2) is 5.61. The zero-order valence-corrected chi connectivity index (χ0v) is 11.1. The van der Waals surface area contributed by atoms with Crippen LogP contribution in [0, 0.1) is 5.92 Å². The number of ether oxygens (including phenoxy) is 1. The van der Waals surface area contributed by atoms with Gasteiger partial charge in [-0.05, 0) is 49.3 Å². The summed E-state index contributed by atoms with van der Waals surface area (Å²) in [5.74, 6) is 0.273. The molecule has 0 atom stereocenters. The van der Waals surface area contributed by atoms with Crippen LogP contribution in [0.1, 0.15) is 37.2 Å². The van der Waals surface area contributed by atoms with Crippen molar-refractivity contribution in [2.75, 3.05) is 7.11 Å². The fraction of sp³-hybridized carbons (Fsp3) is 0.500. The maximum absolute atomic E-state index is 10.9. The quantitative estimate of drug-likeness (QED) is 0.909. The monoisotopic (exact) mass is 268 g/mol. The highest BCUT2D eigenvalue weighted by Gasteiger charge is 2.27. The number of methoxy groups -OCH3 is 1. The summed E-state index contributed by atoms with van der Waals surface area (Å²) in [7, 11) is 1.61. The van der Waals surface area contributed by atoms with Crippen LogP contribution in [0.25, 0.3) is 0 Å². The highest BCUT2D eigenvalue weighted by atomic mass is 35.5. The van der Waals surface area contributed by atoms with E-state index in [0.29, 0.717) is 10.9 Å².